The van der Waals surface area contributed by atoms with Gasteiger partial charge in [-0.2, -0.15) is 0 Å². The predicted octanol–water partition coefficient (Wildman–Crippen LogP) is 4.45. The van der Waals surface area contributed by atoms with Gasteiger partial charge in [-0.3, -0.25) is 4.79 Å². The summed E-state index contributed by atoms with van der Waals surface area (Å²) in [6, 6.07) is 8.27. The SMILES string of the molecule is CCCN(Cc1nnc(-c2ccco2)o1)C(=O)COc1cc(Cl)ccc1Cl. The second-order valence-corrected chi connectivity index (χ2v) is 6.50. The molecular weight excluding hydrogens is 393 g/mol. The first-order valence-corrected chi connectivity index (χ1v) is 9.04. The molecule has 1 amide bonds. The van der Waals surface area contributed by atoms with Gasteiger partial charge in [0, 0.05) is 17.6 Å². The van der Waals surface area contributed by atoms with E-state index in [1.807, 2.05) is 6.92 Å². The van der Waals surface area contributed by atoms with E-state index in [-0.39, 0.29) is 24.9 Å². The molecule has 1 aromatic carbocycles. The van der Waals surface area contributed by atoms with Crippen LogP contribution >= 0.6 is 23.2 Å². The van der Waals surface area contributed by atoms with Crippen LogP contribution in [0.5, 0.6) is 5.75 Å². The van der Waals surface area contributed by atoms with E-state index in [2.05, 4.69) is 10.2 Å². The second kappa shape index (κ2) is 8.92. The third-order valence-electron chi connectivity index (χ3n) is 3.62. The van der Waals surface area contributed by atoms with Crippen molar-refractivity contribution in [2.75, 3.05) is 13.2 Å². The molecule has 0 aliphatic carbocycles. The first-order chi connectivity index (χ1) is 13.1. The lowest BCUT2D eigenvalue weighted by Gasteiger charge is -2.20. The number of hydrogen-bond donors (Lipinski definition) is 0. The smallest absolute Gasteiger partial charge is 0.283 e. The molecule has 0 spiro atoms. The van der Waals surface area contributed by atoms with E-state index in [0.29, 0.717) is 34.0 Å². The van der Waals surface area contributed by atoms with Gasteiger partial charge in [0.1, 0.15) is 5.75 Å². The number of amides is 1. The summed E-state index contributed by atoms with van der Waals surface area (Å²) in [6.45, 7) is 2.48. The van der Waals surface area contributed by atoms with Crippen LogP contribution in [0.4, 0.5) is 0 Å². The fourth-order valence-electron chi connectivity index (χ4n) is 2.36. The molecule has 0 aliphatic rings. The van der Waals surface area contributed by atoms with Crippen molar-refractivity contribution in [3.05, 3.63) is 52.5 Å². The quantitative estimate of drug-likeness (QED) is 0.546. The minimum Gasteiger partial charge on any atom is -0.482 e. The van der Waals surface area contributed by atoms with Crippen LogP contribution in [0.15, 0.2) is 45.4 Å². The number of ether oxygens (including phenoxy) is 1. The van der Waals surface area contributed by atoms with E-state index in [1.54, 1.807) is 35.2 Å². The Balaban J connectivity index is 1.64. The largest absolute Gasteiger partial charge is 0.482 e. The lowest BCUT2D eigenvalue weighted by molar-refractivity contribution is -0.134. The maximum absolute atomic E-state index is 12.6. The zero-order chi connectivity index (χ0) is 19.2. The highest BCUT2D eigenvalue weighted by molar-refractivity contribution is 6.34. The minimum atomic E-state index is -0.231. The Hall–Kier alpha value is -2.51. The van der Waals surface area contributed by atoms with Crippen molar-refractivity contribution in [2.45, 2.75) is 19.9 Å². The van der Waals surface area contributed by atoms with Crippen molar-refractivity contribution in [3.63, 3.8) is 0 Å². The number of halogens is 2. The normalized spacial score (nSPS) is 10.8. The van der Waals surface area contributed by atoms with Gasteiger partial charge < -0.3 is 18.5 Å². The number of furan rings is 1. The van der Waals surface area contributed by atoms with Crippen LogP contribution in [-0.2, 0) is 11.3 Å². The molecule has 0 bridgehead atoms. The number of benzene rings is 1. The molecule has 3 aromatic rings. The lowest BCUT2D eigenvalue weighted by atomic mass is 10.3. The van der Waals surface area contributed by atoms with Gasteiger partial charge in [-0.25, -0.2) is 0 Å². The molecule has 0 radical (unpaired) electrons. The molecule has 0 atom stereocenters. The van der Waals surface area contributed by atoms with E-state index < -0.39 is 0 Å². The van der Waals surface area contributed by atoms with Gasteiger partial charge in [0.15, 0.2) is 12.4 Å². The Kier molecular flexibility index (Phi) is 6.36. The molecule has 0 aliphatic heterocycles. The van der Waals surface area contributed by atoms with Gasteiger partial charge in [-0.1, -0.05) is 30.1 Å². The van der Waals surface area contributed by atoms with E-state index in [9.17, 15) is 4.79 Å². The molecule has 0 saturated heterocycles. The summed E-state index contributed by atoms with van der Waals surface area (Å²) in [5, 5.41) is 8.76. The van der Waals surface area contributed by atoms with Crippen molar-refractivity contribution in [1.82, 2.24) is 15.1 Å². The zero-order valence-electron chi connectivity index (χ0n) is 14.5. The molecule has 0 saturated carbocycles. The molecule has 0 unspecified atom stereocenters. The lowest BCUT2D eigenvalue weighted by Crippen LogP contribution is -2.35. The predicted molar refractivity (Wildman–Crippen MR) is 99.7 cm³/mol. The summed E-state index contributed by atoms with van der Waals surface area (Å²) >= 11 is 12.0. The van der Waals surface area contributed by atoms with Crippen molar-refractivity contribution < 1.29 is 18.4 Å². The number of hydrogen-bond acceptors (Lipinski definition) is 6. The summed E-state index contributed by atoms with van der Waals surface area (Å²) < 4.78 is 16.3. The topological polar surface area (TPSA) is 81.6 Å². The molecule has 3 rings (SSSR count). The Morgan fingerprint density at radius 2 is 2.11 bits per heavy atom. The summed E-state index contributed by atoms with van der Waals surface area (Å²) in [7, 11) is 0. The monoisotopic (exact) mass is 409 g/mol. The molecule has 7 nitrogen and oxygen atoms in total. The van der Waals surface area contributed by atoms with Gasteiger partial charge in [0.2, 0.25) is 5.89 Å². The molecule has 9 heteroatoms. The van der Waals surface area contributed by atoms with Crippen molar-refractivity contribution >= 4 is 29.1 Å². The number of aromatic nitrogens is 2. The highest BCUT2D eigenvalue weighted by Crippen LogP contribution is 2.27. The minimum absolute atomic E-state index is 0.174. The summed E-state index contributed by atoms with van der Waals surface area (Å²) in [6.07, 6.45) is 2.28. The zero-order valence-corrected chi connectivity index (χ0v) is 16.0. The van der Waals surface area contributed by atoms with Gasteiger partial charge in [-0.15, -0.1) is 10.2 Å². The average Bonchev–Trinajstić information content (AvgIpc) is 3.33. The Labute approximate surface area is 165 Å². The maximum atomic E-state index is 12.6. The molecule has 0 fully saturated rings. The summed E-state index contributed by atoms with van der Waals surface area (Å²) in [5.41, 5.74) is 0. The molecule has 2 heterocycles. The summed E-state index contributed by atoms with van der Waals surface area (Å²) in [5.74, 6) is 1.17. The Bertz CT molecular complexity index is 896. The van der Waals surface area contributed by atoms with Crippen LogP contribution < -0.4 is 4.74 Å². The van der Waals surface area contributed by atoms with Crippen molar-refractivity contribution in [2.24, 2.45) is 0 Å². The van der Waals surface area contributed by atoms with Gasteiger partial charge in [-0.05, 0) is 30.7 Å². The highest BCUT2D eigenvalue weighted by Gasteiger charge is 2.19. The van der Waals surface area contributed by atoms with E-state index in [4.69, 9.17) is 36.8 Å². The maximum Gasteiger partial charge on any atom is 0.283 e. The number of rotatable bonds is 8. The van der Waals surface area contributed by atoms with E-state index in [0.717, 1.165) is 6.42 Å². The van der Waals surface area contributed by atoms with Crippen LogP contribution in [0, 0.1) is 0 Å². The fraction of sp³-hybridized carbons (Fsp3) is 0.278. The number of carbonyl (C=O) groups is 1. The van der Waals surface area contributed by atoms with Gasteiger partial charge >= 0.3 is 0 Å². The first-order valence-electron chi connectivity index (χ1n) is 8.28. The third-order valence-corrected chi connectivity index (χ3v) is 4.16. The van der Waals surface area contributed by atoms with Crippen molar-refractivity contribution in [1.29, 1.82) is 0 Å². The molecule has 142 valence electrons. The fourth-order valence-corrected chi connectivity index (χ4v) is 2.70. The van der Waals surface area contributed by atoms with Crippen LogP contribution in [0.3, 0.4) is 0 Å². The van der Waals surface area contributed by atoms with E-state index >= 15 is 0 Å². The Morgan fingerprint density at radius 1 is 1.26 bits per heavy atom. The number of carbonyl (C=O) groups excluding carboxylic acids is 1. The van der Waals surface area contributed by atoms with Crippen LogP contribution in [0.2, 0.25) is 10.0 Å². The summed E-state index contributed by atoms with van der Waals surface area (Å²) in [4.78, 5) is 14.1. The second-order valence-electron chi connectivity index (χ2n) is 5.66. The third kappa shape index (κ3) is 5.02. The highest BCUT2D eigenvalue weighted by atomic mass is 35.5. The molecule has 0 N–H and O–H groups in total. The number of nitrogens with zero attached hydrogens (tertiary/aromatic N) is 3. The first kappa shape index (κ1) is 19.3. The van der Waals surface area contributed by atoms with Crippen LogP contribution in [-0.4, -0.2) is 34.2 Å². The van der Waals surface area contributed by atoms with Crippen LogP contribution in [0.1, 0.15) is 19.2 Å². The van der Waals surface area contributed by atoms with Crippen molar-refractivity contribution in [3.8, 4) is 17.4 Å². The Morgan fingerprint density at radius 3 is 2.85 bits per heavy atom. The molecule has 27 heavy (non-hydrogen) atoms. The van der Waals surface area contributed by atoms with Gasteiger partial charge in [0.25, 0.3) is 11.8 Å². The molecular formula is C18H17Cl2N3O4. The standard InChI is InChI=1S/C18H17Cl2N3O4/c1-2-7-23(10-16-21-22-18(27-16)14-4-3-8-25-14)17(24)11-26-15-9-12(19)5-6-13(15)20/h3-6,8-9H,2,7,10-11H2,1H3. The molecule has 2 aromatic heterocycles. The van der Waals surface area contributed by atoms with Gasteiger partial charge in [0.05, 0.1) is 17.8 Å². The average molecular weight is 410 g/mol. The van der Waals surface area contributed by atoms with Crippen LogP contribution in [0.25, 0.3) is 11.7 Å². The van der Waals surface area contributed by atoms with E-state index in [1.165, 1.54) is 6.26 Å².